The third-order valence-electron chi connectivity index (χ3n) is 4.66. The van der Waals surface area contributed by atoms with Gasteiger partial charge in [0.1, 0.15) is 11.9 Å². The van der Waals surface area contributed by atoms with Gasteiger partial charge < -0.3 is 15.4 Å². The van der Waals surface area contributed by atoms with E-state index in [0.717, 1.165) is 17.8 Å². The van der Waals surface area contributed by atoms with Crippen LogP contribution in [0.3, 0.4) is 0 Å². The molecular formula is C17H20ClN5O3S. The average Bonchev–Trinajstić information content (AvgIpc) is 3.03. The Morgan fingerprint density at radius 1 is 1.26 bits per heavy atom. The summed E-state index contributed by atoms with van der Waals surface area (Å²) in [5, 5.41) is 20.0. The Kier molecular flexibility index (Phi) is 5.02. The van der Waals surface area contributed by atoms with Crippen LogP contribution in [-0.4, -0.2) is 43.6 Å². The molecule has 8 nitrogen and oxygen atoms in total. The molecule has 0 saturated heterocycles. The van der Waals surface area contributed by atoms with E-state index < -0.39 is 9.84 Å². The topological polar surface area (TPSA) is 93.6 Å². The molecular weight excluding hydrogens is 390 g/mol. The summed E-state index contributed by atoms with van der Waals surface area (Å²) in [6.07, 6.45) is 2.16. The number of nitrogens with zero attached hydrogens (tertiary/aromatic N) is 4. The van der Waals surface area contributed by atoms with Gasteiger partial charge in [-0.05, 0) is 19.2 Å². The molecule has 10 heteroatoms. The third-order valence-corrected chi connectivity index (χ3v) is 6.46. The highest BCUT2D eigenvalue weighted by Gasteiger charge is 2.35. The quantitative estimate of drug-likeness (QED) is 0.517. The van der Waals surface area contributed by atoms with Gasteiger partial charge in [0, 0.05) is 26.6 Å². The van der Waals surface area contributed by atoms with Crippen molar-refractivity contribution in [3.63, 3.8) is 0 Å². The standard InChI is InChI=1S/C17H19N5O3S.ClH/c1-18-16-15(26(24,25)13-6-4-3-5-7-13)17-21(23)11-12-10-20(2)9-8-14(12)22(17)19-16;/h3-7,11H,8-10H2,1-2H3,(H,18,19);1H. The fraction of sp³-hybridized carbons (Fsp3) is 0.294. The van der Waals surface area contributed by atoms with Crippen molar-refractivity contribution < 1.29 is 13.1 Å². The van der Waals surface area contributed by atoms with Crippen LogP contribution in [0.25, 0.3) is 5.65 Å². The second-order valence-electron chi connectivity index (χ2n) is 6.39. The lowest BCUT2D eigenvalue weighted by Gasteiger charge is -2.23. The van der Waals surface area contributed by atoms with Crippen molar-refractivity contribution in [1.82, 2.24) is 14.5 Å². The minimum Gasteiger partial charge on any atom is -0.710 e. The number of benzene rings is 1. The van der Waals surface area contributed by atoms with Crippen LogP contribution >= 0.6 is 12.4 Å². The lowest BCUT2D eigenvalue weighted by Crippen LogP contribution is -2.36. The molecule has 1 aliphatic heterocycles. The molecule has 1 N–H and O–H groups in total. The highest BCUT2D eigenvalue weighted by atomic mass is 35.5. The molecule has 4 rings (SSSR count). The number of hydrogen-bond donors (Lipinski definition) is 1. The van der Waals surface area contributed by atoms with Crippen LogP contribution < -0.4 is 10.0 Å². The first-order valence-corrected chi connectivity index (χ1v) is 9.75. The average molecular weight is 410 g/mol. The normalized spacial score (nSPS) is 14.6. The van der Waals surface area contributed by atoms with Crippen LogP contribution in [0.4, 0.5) is 5.82 Å². The highest BCUT2D eigenvalue weighted by molar-refractivity contribution is 7.91. The number of anilines is 1. The van der Waals surface area contributed by atoms with E-state index in [2.05, 4.69) is 15.3 Å². The summed E-state index contributed by atoms with van der Waals surface area (Å²) in [7, 11) is -0.322. The van der Waals surface area contributed by atoms with E-state index in [1.165, 1.54) is 22.8 Å². The van der Waals surface area contributed by atoms with Gasteiger partial charge in [0.2, 0.25) is 14.7 Å². The first kappa shape index (κ1) is 19.4. The van der Waals surface area contributed by atoms with Gasteiger partial charge in [-0.1, -0.05) is 27.8 Å². The monoisotopic (exact) mass is 409 g/mol. The molecule has 144 valence electrons. The van der Waals surface area contributed by atoms with E-state index in [4.69, 9.17) is 0 Å². The maximum Gasteiger partial charge on any atom is 0.333 e. The summed E-state index contributed by atoms with van der Waals surface area (Å²) < 4.78 is 28.5. The molecule has 0 bridgehead atoms. The molecule has 0 amide bonds. The maximum absolute atomic E-state index is 13.2. The highest BCUT2D eigenvalue weighted by Crippen LogP contribution is 2.31. The van der Waals surface area contributed by atoms with Gasteiger partial charge in [0.05, 0.1) is 10.5 Å². The predicted octanol–water partition coefficient (Wildman–Crippen LogP) is 1.25. The zero-order valence-electron chi connectivity index (χ0n) is 14.9. The molecule has 3 aromatic rings. The van der Waals surface area contributed by atoms with E-state index >= 15 is 0 Å². The number of aromatic nitrogens is 3. The third kappa shape index (κ3) is 3.01. The van der Waals surface area contributed by atoms with Crippen molar-refractivity contribution in [2.24, 2.45) is 0 Å². The van der Waals surface area contributed by atoms with Crippen molar-refractivity contribution >= 4 is 33.7 Å². The Balaban J connectivity index is 0.00000210. The van der Waals surface area contributed by atoms with Gasteiger partial charge in [-0.15, -0.1) is 12.4 Å². The number of sulfone groups is 1. The molecule has 0 fully saturated rings. The zero-order chi connectivity index (χ0) is 18.5. The molecule has 0 spiro atoms. The predicted molar refractivity (Wildman–Crippen MR) is 103 cm³/mol. The molecule has 1 aliphatic rings. The van der Waals surface area contributed by atoms with Crippen molar-refractivity contribution in [2.45, 2.75) is 22.8 Å². The maximum atomic E-state index is 13.2. The SMILES string of the molecule is CNc1nn2c3c(c[n+]([O-])c2c1S(=O)(=O)c1ccccc1)CN(C)CC3.Cl. The first-order valence-electron chi connectivity index (χ1n) is 8.26. The summed E-state index contributed by atoms with van der Waals surface area (Å²) in [5.41, 5.74) is 1.76. The summed E-state index contributed by atoms with van der Waals surface area (Å²) in [5.74, 6) is 0.172. The fourth-order valence-electron chi connectivity index (χ4n) is 3.38. The zero-order valence-corrected chi connectivity index (χ0v) is 16.5. The number of hydrogen-bond acceptors (Lipinski definition) is 6. The van der Waals surface area contributed by atoms with Gasteiger partial charge in [0.25, 0.3) is 0 Å². The van der Waals surface area contributed by atoms with Gasteiger partial charge in [-0.3, -0.25) is 0 Å². The van der Waals surface area contributed by atoms with Crippen molar-refractivity contribution in [3.8, 4) is 0 Å². The molecule has 0 radical (unpaired) electrons. The number of fused-ring (bicyclic) bond motifs is 3. The summed E-state index contributed by atoms with van der Waals surface area (Å²) in [6.45, 7) is 1.45. The van der Waals surface area contributed by atoms with Crippen LogP contribution in [0, 0.1) is 5.21 Å². The molecule has 0 saturated carbocycles. The second kappa shape index (κ2) is 6.99. The van der Waals surface area contributed by atoms with Crippen molar-refractivity contribution in [2.75, 3.05) is 26.0 Å². The largest absolute Gasteiger partial charge is 0.710 e. The first-order chi connectivity index (χ1) is 12.4. The molecule has 27 heavy (non-hydrogen) atoms. The van der Waals surface area contributed by atoms with E-state index in [9.17, 15) is 13.6 Å². The molecule has 1 aromatic carbocycles. The molecule has 3 heterocycles. The number of nitrogens with one attached hydrogen (secondary N) is 1. The van der Waals surface area contributed by atoms with Crippen LogP contribution in [0.2, 0.25) is 0 Å². The Bertz CT molecular complexity index is 1100. The van der Waals surface area contributed by atoms with Gasteiger partial charge >= 0.3 is 5.65 Å². The molecule has 0 aliphatic carbocycles. The minimum atomic E-state index is -3.90. The summed E-state index contributed by atoms with van der Waals surface area (Å²) in [6, 6.07) is 8.08. The van der Waals surface area contributed by atoms with Crippen LogP contribution in [0.5, 0.6) is 0 Å². The Labute approximate surface area is 163 Å². The summed E-state index contributed by atoms with van der Waals surface area (Å²) in [4.78, 5) is 2.14. The second-order valence-corrected chi connectivity index (χ2v) is 8.28. The van der Waals surface area contributed by atoms with Crippen LogP contribution in [-0.2, 0) is 22.8 Å². The fourth-order valence-corrected chi connectivity index (χ4v) is 4.95. The van der Waals surface area contributed by atoms with Gasteiger partial charge in [0.15, 0.2) is 5.82 Å². The van der Waals surface area contributed by atoms with Crippen LogP contribution in [0.15, 0.2) is 46.3 Å². The number of rotatable bonds is 3. The van der Waals surface area contributed by atoms with Crippen molar-refractivity contribution in [1.29, 1.82) is 0 Å². The van der Waals surface area contributed by atoms with Crippen LogP contribution in [0.1, 0.15) is 11.3 Å². The lowest BCUT2D eigenvalue weighted by atomic mass is 10.1. The summed E-state index contributed by atoms with van der Waals surface area (Å²) >= 11 is 0. The minimum absolute atomic E-state index is 0. The Hall–Kier alpha value is -2.36. The van der Waals surface area contributed by atoms with Gasteiger partial charge in [-0.25, -0.2) is 13.1 Å². The van der Waals surface area contributed by atoms with Crippen molar-refractivity contribution in [3.05, 3.63) is 53.0 Å². The van der Waals surface area contributed by atoms with E-state index in [1.807, 2.05) is 7.05 Å². The Morgan fingerprint density at radius 3 is 2.63 bits per heavy atom. The van der Waals surface area contributed by atoms with Gasteiger partial charge in [-0.2, -0.15) is 0 Å². The molecule has 0 unspecified atom stereocenters. The smallest absolute Gasteiger partial charge is 0.333 e. The molecule has 0 atom stereocenters. The lowest BCUT2D eigenvalue weighted by molar-refractivity contribution is -0.583. The number of halogens is 1. The molecule has 2 aromatic heterocycles. The van der Waals surface area contributed by atoms with E-state index in [1.54, 1.807) is 25.2 Å². The van der Waals surface area contributed by atoms with E-state index in [-0.39, 0.29) is 33.7 Å². The van der Waals surface area contributed by atoms with E-state index in [0.29, 0.717) is 17.7 Å². The Morgan fingerprint density at radius 2 is 1.96 bits per heavy atom. The number of likely N-dealkylation sites (N-methyl/N-ethyl adjacent to an activating group) is 1.